The van der Waals surface area contributed by atoms with Crippen LogP contribution in [0, 0.1) is 24.0 Å². The first-order valence-electron chi connectivity index (χ1n) is 8.92. The first-order chi connectivity index (χ1) is 13.0. The number of aromatic nitrogens is 2. The number of morpholine rings is 1. The van der Waals surface area contributed by atoms with Gasteiger partial charge in [0.05, 0.1) is 18.1 Å². The van der Waals surface area contributed by atoms with E-state index in [0.717, 1.165) is 49.7 Å². The van der Waals surface area contributed by atoms with Gasteiger partial charge in [-0.1, -0.05) is 6.07 Å². The lowest BCUT2D eigenvalue weighted by Gasteiger charge is -2.26. The molecule has 0 saturated carbocycles. The fourth-order valence-corrected chi connectivity index (χ4v) is 2.89. The van der Waals surface area contributed by atoms with Crippen molar-refractivity contribution in [2.75, 3.05) is 50.0 Å². The number of nitrogens with zero attached hydrogens (tertiary/aromatic N) is 4. The molecule has 2 aromatic rings. The molecule has 3 rings (SSSR count). The summed E-state index contributed by atoms with van der Waals surface area (Å²) in [5.74, 6) is 0.390. The van der Waals surface area contributed by atoms with Crippen LogP contribution in [0.15, 0.2) is 24.5 Å². The minimum atomic E-state index is -0.458. The molecule has 9 heteroatoms. The van der Waals surface area contributed by atoms with Gasteiger partial charge in [-0.15, -0.1) is 0 Å². The standard InChI is InChI=1S/C18H24N6O3/c1-13-3-4-15(11-14(13)2)22-18-16(24(25)26)17(20-12-21-18)19-5-6-23-7-9-27-10-8-23/h3-4,11-12H,5-10H2,1-2H3,(H2,19,20,21,22). The molecule has 27 heavy (non-hydrogen) atoms. The van der Waals surface area contributed by atoms with Gasteiger partial charge in [0.15, 0.2) is 0 Å². The largest absolute Gasteiger partial charge is 0.379 e. The Labute approximate surface area is 157 Å². The third-order valence-electron chi connectivity index (χ3n) is 4.60. The number of hydrogen-bond donors (Lipinski definition) is 2. The summed E-state index contributed by atoms with van der Waals surface area (Å²) < 4.78 is 5.32. The van der Waals surface area contributed by atoms with Crippen molar-refractivity contribution >= 4 is 23.0 Å². The van der Waals surface area contributed by atoms with E-state index in [-0.39, 0.29) is 17.3 Å². The molecule has 9 nitrogen and oxygen atoms in total. The van der Waals surface area contributed by atoms with Gasteiger partial charge < -0.3 is 15.4 Å². The number of anilines is 3. The van der Waals surface area contributed by atoms with Crippen LogP contribution in [0.4, 0.5) is 23.0 Å². The van der Waals surface area contributed by atoms with Crippen molar-refractivity contribution in [3.05, 3.63) is 45.8 Å². The zero-order valence-corrected chi connectivity index (χ0v) is 15.6. The Bertz CT molecular complexity index is 808. The molecule has 1 saturated heterocycles. The third kappa shape index (κ3) is 4.89. The molecule has 1 aromatic carbocycles. The number of nitro groups is 1. The van der Waals surface area contributed by atoms with Crippen LogP contribution >= 0.6 is 0 Å². The van der Waals surface area contributed by atoms with Crippen LogP contribution in [-0.4, -0.2) is 59.2 Å². The molecule has 0 radical (unpaired) electrons. The fraction of sp³-hybridized carbons (Fsp3) is 0.444. The van der Waals surface area contributed by atoms with Gasteiger partial charge in [0, 0.05) is 31.9 Å². The van der Waals surface area contributed by atoms with Crippen molar-refractivity contribution in [3.8, 4) is 0 Å². The Kier molecular flexibility index (Phi) is 6.15. The highest BCUT2D eigenvalue weighted by Gasteiger charge is 2.23. The number of ether oxygens (including phenoxy) is 1. The van der Waals surface area contributed by atoms with Crippen LogP contribution in [0.3, 0.4) is 0 Å². The summed E-state index contributed by atoms with van der Waals surface area (Å²) in [6.45, 7) is 8.51. The van der Waals surface area contributed by atoms with Crippen LogP contribution < -0.4 is 10.6 Å². The Hall–Kier alpha value is -2.78. The predicted molar refractivity (Wildman–Crippen MR) is 104 cm³/mol. The average molecular weight is 372 g/mol. The summed E-state index contributed by atoms with van der Waals surface area (Å²) in [7, 11) is 0. The topological polar surface area (TPSA) is 105 Å². The van der Waals surface area contributed by atoms with E-state index in [4.69, 9.17) is 4.74 Å². The first kappa shape index (κ1) is 19.0. The van der Waals surface area contributed by atoms with Crippen molar-refractivity contribution in [1.82, 2.24) is 14.9 Å². The van der Waals surface area contributed by atoms with Gasteiger partial charge in [0.1, 0.15) is 6.33 Å². The Morgan fingerprint density at radius 3 is 2.63 bits per heavy atom. The van der Waals surface area contributed by atoms with E-state index >= 15 is 0 Å². The molecule has 0 unspecified atom stereocenters. The smallest absolute Gasteiger partial charge is 0.353 e. The summed E-state index contributed by atoms with van der Waals surface area (Å²) in [6.07, 6.45) is 1.33. The van der Waals surface area contributed by atoms with Crippen molar-refractivity contribution in [3.63, 3.8) is 0 Å². The Morgan fingerprint density at radius 2 is 1.93 bits per heavy atom. The van der Waals surface area contributed by atoms with E-state index in [2.05, 4.69) is 25.5 Å². The van der Waals surface area contributed by atoms with E-state index in [1.807, 2.05) is 32.0 Å². The van der Waals surface area contributed by atoms with Crippen molar-refractivity contribution in [2.24, 2.45) is 0 Å². The lowest BCUT2D eigenvalue weighted by Crippen LogP contribution is -2.39. The van der Waals surface area contributed by atoms with Crippen molar-refractivity contribution in [1.29, 1.82) is 0 Å². The molecule has 2 heterocycles. The second-order valence-electron chi connectivity index (χ2n) is 6.48. The molecule has 1 aliphatic heterocycles. The Balaban J connectivity index is 1.73. The maximum atomic E-state index is 11.6. The zero-order valence-electron chi connectivity index (χ0n) is 15.6. The summed E-state index contributed by atoms with van der Waals surface area (Å²) in [6, 6.07) is 5.78. The van der Waals surface area contributed by atoms with Gasteiger partial charge in [-0.2, -0.15) is 0 Å². The highest BCUT2D eigenvalue weighted by molar-refractivity contribution is 5.74. The normalized spacial score (nSPS) is 14.7. The summed E-state index contributed by atoms with van der Waals surface area (Å²) >= 11 is 0. The molecule has 2 N–H and O–H groups in total. The molecule has 1 aliphatic rings. The van der Waals surface area contributed by atoms with Crippen molar-refractivity contribution in [2.45, 2.75) is 13.8 Å². The minimum Gasteiger partial charge on any atom is -0.379 e. The molecule has 0 amide bonds. The fourth-order valence-electron chi connectivity index (χ4n) is 2.89. The maximum absolute atomic E-state index is 11.6. The van der Waals surface area contributed by atoms with Gasteiger partial charge in [0.25, 0.3) is 0 Å². The third-order valence-corrected chi connectivity index (χ3v) is 4.60. The highest BCUT2D eigenvalue weighted by Crippen LogP contribution is 2.31. The van der Waals surface area contributed by atoms with E-state index in [0.29, 0.717) is 6.54 Å². The van der Waals surface area contributed by atoms with Gasteiger partial charge in [-0.3, -0.25) is 15.0 Å². The number of aryl methyl sites for hydroxylation is 2. The molecule has 0 atom stereocenters. The summed E-state index contributed by atoms with van der Waals surface area (Å²) in [5.41, 5.74) is 2.85. The highest BCUT2D eigenvalue weighted by atomic mass is 16.6. The van der Waals surface area contributed by atoms with Crippen LogP contribution in [0.5, 0.6) is 0 Å². The minimum absolute atomic E-state index is 0.155. The molecule has 0 spiro atoms. The SMILES string of the molecule is Cc1ccc(Nc2ncnc(NCCN3CCOCC3)c2[N+](=O)[O-])cc1C. The summed E-state index contributed by atoms with van der Waals surface area (Å²) in [5, 5.41) is 17.8. The van der Waals surface area contributed by atoms with Crippen molar-refractivity contribution < 1.29 is 9.66 Å². The van der Waals surface area contributed by atoms with Gasteiger partial charge >= 0.3 is 5.69 Å². The van der Waals surface area contributed by atoms with Crippen LogP contribution in [-0.2, 0) is 4.74 Å². The number of benzene rings is 1. The second kappa shape index (κ2) is 8.74. The molecule has 0 bridgehead atoms. The molecule has 1 aromatic heterocycles. The van der Waals surface area contributed by atoms with E-state index < -0.39 is 4.92 Å². The average Bonchev–Trinajstić information content (AvgIpc) is 2.65. The van der Waals surface area contributed by atoms with E-state index in [1.165, 1.54) is 6.33 Å². The molecular weight excluding hydrogens is 348 g/mol. The quantitative estimate of drug-likeness (QED) is 0.564. The number of rotatable bonds is 7. The van der Waals surface area contributed by atoms with Crippen LogP contribution in [0.1, 0.15) is 11.1 Å². The monoisotopic (exact) mass is 372 g/mol. The Morgan fingerprint density at radius 1 is 1.19 bits per heavy atom. The zero-order chi connectivity index (χ0) is 19.2. The number of nitrogens with one attached hydrogen (secondary N) is 2. The van der Waals surface area contributed by atoms with E-state index in [1.54, 1.807) is 0 Å². The lowest BCUT2D eigenvalue weighted by atomic mass is 10.1. The van der Waals surface area contributed by atoms with Gasteiger partial charge in [-0.05, 0) is 37.1 Å². The predicted octanol–water partition coefficient (Wildman–Crippen LogP) is 2.49. The summed E-state index contributed by atoms with van der Waals surface area (Å²) in [4.78, 5) is 21.6. The molecular formula is C18H24N6O3. The molecule has 1 fully saturated rings. The number of hydrogen-bond acceptors (Lipinski definition) is 8. The maximum Gasteiger partial charge on any atom is 0.353 e. The van der Waals surface area contributed by atoms with Crippen LogP contribution in [0.2, 0.25) is 0 Å². The van der Waals surface area contributed by atoms with Crippen LogP contribution in [0.25, 0.3) is 0 Å². The van der Waals surface area contributed by atoms with E-state index in [9.17, 15) is 10.1 Å². The first-order valence-corrected chi connectivity index (χ1v) is 8.92. The second-order valence-corrected chi connectivity index (χ2v) is 6.48. The van der Waals surface area contributed by atoms with Gasteiger partial charge in [0.2, 0.25) is 11.6 Å². The molecule has 144 valence electrons. The lowest BCUT2D eigenvalue weighted by molar-refractivity contribution is -0.383. The van der Waals surface area contributed by atoms with Gasteiger partial charge in [-0.25, -0.2) is 9.97 Å². The molecule has 0 aliphatic carbocycles.